The van der Waals surface area contributed by atoms with Crippen molar-refractivity contribution in [2.75, 3.05) is 46.6 Å². The number of aliphatic imine (C=N–C) groups is 1. The number of halogens is 1. The predicted molar refractivity (Wildman–Crippen MR) is 132 cm³/mol. The number of rotatable bonds is 12. The molecule has 2 rings (SSSR count). The first-order valence-corrected chi connectivity index (χ1v) is 10.7. The number of ether oxygens (including phenoxy) is 2. The van der Waals surface area contributed by atoms with Crippen molar-refractivity contribution in [2.24, 2.45) is 10.9 Å². The zero-order chi connectivity index (χ0) is 20.7. The van der Waals surface area contributed by atoms with Crippen molar-refractivity contribution < 1.29 is 14.3 Å². The summed E-state index contributed by atoms with van der Waals surface area (Å²) >= 11 is 0. The number of hydrogen-bond acceptors (Lipinski definition) is 4. The molecule has 1 atom stereocenters. The van der Waals surface area contributed by atoms with E-state index in [2.05, 4.69) is 27.9 Å². The Hall–Kier alpha value is -1.39. The van der Waals surface area contributed by atoms with Crippen LogP contribution in [0.1, 0.15) is 48.5 Å². The molecular formula is C22H37IN4O3. The third-order valence-corrected chi connectivity index (χ3v) is 4.85. The summed E-state index contributed by atoms with van der Waals surface area (Å²) in [6, 6.07) is 7.66. The summed E-state index contributed by atoms with van der Waals surface area (Å²) in [5, 5.41) is 9.52. The molecule has 1 unspecified atom stereocenters. The van der Waals surface area contributed by atoms with Crippen molar-refractivity contribution in [1.82, 2.24) is 16.0 Å². The largest absolute Gasteiger partial charge is 0.381 e. The number of nitrogens with zero attached hydrogens (tertiary/aromatic N) is 1. The molecule has 0 aliphatic carbocycles. The summed E-state index contributed by atoms with van der Waals surface area (Å²) in [5.74, 6) is 1.31. The highest BCUT2D eigenvalue weighted by atomic mass is 127. The van der Waals surface area contributed by atoms with Gasteiger partial charge in [0.05, 0.1) is 13.2 Å². The van der Waals surface area contributed by atoms with Crippen LogP contribution in [0.2, 0.25) is 0 Å². The number of carbonyl (C=O) groups is 1. The van der Waals surface area contributed by atoms with Gasteiger partial charge in [0.25, 0.3) is 5.91 Å². The number of nitrogens with one attached hydrogen (secondary N) is 3. The maximum atomic E-state index is 12.0. The second-order valence-corrected chi connectivity index (χ2v) is 7.32. The number of carbonyl (C=O) groups excluding carboxylic acids is 1. The van der Waals surface area contributed by atoms with Crippen molar-refractivity contribution in [3.8, 4) is 0 Å². The SMILES string of the molecule is CCCCNC(=O)c1ccc(CNC(=NC)NCCCOCC2CCOC2)cc1.I. The van der Waals surface area contributed by atoms with E-state index in [4.69, 9.17) is 9.47 Å². The first-order chi connectivity index (χ1) is 14.2. The molecule has 0 bridgehead atoms. The zero-order valence-corrected chi connectivity index (χ0v) is 20.6. The van der Waals surface area contributed by atoms with Crippen molar-refractivity contribution in [3.63, 3.8) is 0 Å². The standard InChI is InChI=1S/C22H36N4O3.HI/c1-3-4-11-24-21(27)20-8-6-18(7-9-20)15-26-22(23-2)25-12-5-13-28-16-19-10-14-29-17-19;/h6-9,19H,3-5,10-17H2,1-2H3,(H,24,27)(H2,23,25,26);1H. The van der Waals surface area contributed by atoms with E-state index in [0.717, 1.165) is 76.7 Å². The molecular weight excluding hydrogens is 495 g/mol. The first kappa shape index (κ1) is 26.6. The second kappa shape index (κ2) is 16.3. The van der Waals surface area contributed by atoms with Crippen molar-refractivity contribution in [3.05, 3.63) is 35.4 Å². The summed E-state index contributed by atoms with van der Waals surface area (Å²) < 4.78 is 11.1. The smallest absolute Gasteiger partial charge is 0.251 e. The third kappa shape index (κ3) is 10.6. The molecule has 1 saturated heterocycles. The number of amides is 1. The van der Waals surface area contributed by atoms with Gasteiger partial charge in [0.15, 0.2) is 5.96 Å². The lowest BCUT2D eigenvalue weighted by Gasteiger charge is -2.13. The third-order valence-electron chi connectivity index (χ3n) is 4.85. The molecule has 1 heterocycles. The summed E-state index contributed by atoms with van der Waals surface area (Å²) in [5.41, 5.74) is 1.79. The highest BCUT2D eigenvalue weighted by Crippen LogP contribution is 2.12. The number of benzene rings is 1. The summed E-state index contributed by atoms with van der Waals surface area (Å²) in [7, 11) is 1.76. The van der Waals surface area contributed by atoms with Crippen molar-refractivity contribution in [1.29, 1.82) is 0 Å². The van der Waals surface area contributed by atoms with E-state index in [0.29, 0.717) is 18.0 Å². The Morgan fingerprint density at radius 1 is 1.17 bits per heavy atom. The van der Waals surface area contributed by atoms with Crippen LogP contribution in [0.4, 0.5) is 0 Å². The lowest BCUT2D eigenvalue weighted by atomic mass is 10.1. The highest BCUT2D eigenvalue weighted by molar-refractivity contribution is 14.0. The van der Waals surface area contributed by atoms with E-state index in [1.807, 2.05) is 24.3 Å². The van der Waals surface area contributed by atoms with Gasteiger partial charge in [0, 0.05) is 51.4 Å². The average molecular weight is 532 g/mol. The van der Waals surface area contributed by atoms with E-state index in [9.17, 15) is 4.79 Å². The highest BCUT2D eigenvalue weighted by Gasteiger charge is 2.15. The first-order valence-electron chi connectivity index (χ1n) is 10.7. The van der Waals surface area contributed by atoms with Crippen molar-refractivity contribution in [2.45, 2.75) is 39.2 Å². The van der Waals surface area contributed by atoms with Gasteiger partial charge < -0.3 is 25.4 Å². The fourth-order valence-corrected chi connectivity index (χ4v) is 3.01. The molecule has 7 nitrogen and oxygen atoms in total. The molecule has 30 heavy (non-hydrogen) atoms. The van der Waals surface area contributed by atoms with E-state index < -0.39 is 0 Å². The van der Waals surface area contributed by atoms with Crippen LogP contribution < -0.4 is 16.0 Å². The van der Waals surface area contributed by atoms with E-state index in [1.165, 1.54) is 0 Å². The summed E-state index contributed by atoms with van der Waals surface area (Å²) in [6.45, 7) is 7.51. The normalized spacial score (nSPS) is 16.1. The minimum atomic E-state index is -0.0156. The minimum Gasteiger partial charge on any atom is -0.381 e. The molecule has 1 aliphatic heterocycles. The number of guanidine groups is 1. The molecule has 0 spiro atoms. The molecule has 1 fully saturated rings. The van der Waals surface area contributed by atoms with Gasteiger partial charge in [-0.25, -0.2) is 0 Å². The summed E-state index contributed by atoms with van der Waals surface area (Å²) in [6.07, 6.45) is 4.11. The Kier molecular flexibility index (Phi) is 14.5. The predicted octanol–water partition coefficient (Wildman–Crippen LogP) is 2.94. The maximum Gasteiger partial charge on any atom is 0.251 e. The molecule has 1 aliphatic rings. The van der Waals surface area contributed by atoms with Gasteiger partial charge in [-0.2, -0.15) is 0 Å². The fourth-order valence-electron chi connectivity index (χ4n) is 3.01. The van der Waals surface area contributed by atoms with Crippen LogP contribution in [-0.2, 0) is 16.0 Å². The van der Waals surface area contributed by atoms with Crippen LogP contribution in [0.5, 0.6) is 0 Å². The van der Waals surface area contributed by atoms with Crippen LogP contribution in [0.25, 0.3) is 0 Å². The minimum absolute atomic E-state index is 0. The van der Waals surface area contributed by atoms with Gasteiger partial charge in [0.1, 0.15) is 0 Å². The quantitative estimate of drug-likeness (QED) is 0.167. The second-order valence-electron chi connectivity index (χ2n) is 7.32. The fraction of sp³-hybridized carbons (Fsp3) is 0.636. The van der Waals surface area contributed by atoms with Gasteiger partial charge in [0.2, 0.25) is 0 Å². The monoisotopic (exact) mass is 532 g/mol. The zero-order valence-electron chi connectivity index (χ0n) is 18.2. The molecule has 170 valence electrons. The number of hydrogen-bond donors (Lipinski definition) is 3. The lowest BCUT2D eigenvalue weighted by molar-refractivity contribution is 0.0888. The Balaban J connectivity index is 0.00000450. The molecule has 3 N–H and O–H groups in total. The lowest BCUT2D eigenvalue weighted by Crippen LogP contribution is -2.37. The molecule has 1 aromatic carbocycles. The molecule has 0 radical (unpaired) electrons. The van der Waals surface area contributed by atoms with Gasteiger partial charge in [-0.1, -0.05) is 25.5 Å². The van der Waals surface area contributed by atoms with Gasteiger partial charge >= 0.3 is 0 Å². The van der Waals surface area contributed by atoms with E-state index in [-0.39, 0.29) is 29.9 Å². The topological polar surface area (TPSA) is 84.0 Å². The Bertz CT molecular complexity index is 619. The average Bonchev–Trinajstić information content (AvgIpc) is 3.26. The van der Waals surface area contributed by atoms with E-state index in [1.54, 1.807) is 7.05 Å². The van der Waals surface area contributed by atoms with Crippen LogP contribution in [0.3, 0.4) is 0 Å². The molecule has 0 aromatic heterocycles. The molecule has 0 saturated carbocycles. The maximum absolute atomic E-state index is 12.0. The van der Waals surface area contributed by atoms with Crippen LogP contribution in [0, 0.1) is 5.92 Å². The number of unbranched alkanes of at least 4 members (excludes halogenated alkanes) is 1. The van der Waals surface area contributed by atoms with Gasteiger partial charge in [-0.3, -0.25) is 9.79 Å². The molecule has 1 amide bonds. The van der Waals surface area contributed by atoms with Gasteiger partial charge in [-0.05, 0) is 37.0 Å². The van der Waals surface area contributed by atoms with Crippen molar-refractivity contribution >= 4 is 35.8 Å². The van der Waals surface area contributed by atoms with Crippen LogP contribution in [-0.4, -0.2) is 58.4 Å². The Morgan fingerprint density at radius 3 is 2.60 bits per heavy atom. The van der Waals surface area contributed by atoms with E-state index >= 15 is 0 Å². The Morgan fingerprint density at radius 2 is 1.93 bits per heavy atom. The van der Waals surface area contributed by atoms with Crippen LogP contribution >= 0.6 is 24.0 Å². The molecule has 8 heteroatoms. The van der Waals surface area contributed by atoms with Gasteiger partial charge in [-0.15, -0.1) is 24.0 Å². The Labute approximate surface area is 197 Å². The van der Waals surface area contributed by atoms with Crippen LogP contribution in [0.15, 0.2) is 29.3 Å². The molecule has 1 aromatic rings. The summed E-state index contributed by atoms with van der Waals surface area (Å²) in [4.78, 5) is 16.3.